The van der Waals surface area contributed by atoms with Crippen LogP contribution < -0.4 is 11.1 Å². The summed E-state index contributed by atoms with van der Waals surface area (Å²) in [4.78, 5) is 0. The molecule has 0 spiro atoms. The van der Waals surface area contributed by atoms with Crippen LogP contribution in [-0.2, 0) is 6.54 Å². The lowest BCUT2D eigenvalue weighted by molar-refractivity contribution is 0.104. The summed E-state index contributed by atoms with van der Waals surface area (Å²) < 4.78 is 0. The van der Waals surface area contributed by atoms with Crippen LogP contribution in [0.5, 0.6) is 0 Å². The Balaban J connectivity index is 2.01. The third-order valence-corrected chi connectivity index (χ3v) is 4.53. The Labute approximate surface area is 125 Å². The highest BCUT2D eigenvalue weighted by Crippen LogP contribution is 2.31. The monoisotopic (exact) mass is 291 g/mol. The van der Waals surface area contributed by atoms with Crippen LogP contribution in [0.3, 0.4) is 0 Å². The number of nitrogens with two attached hydrogens (primary N) is 1. The first-order valence-corrected chi connectivity index (χ1v) is 7.51. The van der Waals surface area contributed by atoms with E-state index in [2.05, 4.69) is 17.4 Å². The number of hydrogen-bond donors (Lipinski definition) is 4. The molecule has 5 nitrogen and oxygen atoms in total. The van der Waals surface area contributed by atoms with Gasteiger partial charge >= 0.3 is 0 Å². The van der Waals surface area contributed by atoms with Gasteiger partial charge in [0.25, 0.3) is 0 Å². The first-order chi connectivity index (χ1) is 10.1. The smallest absolute Gasteiger partial charge is 0.170 e. The van der Waals surface area contributed by atoms with Crippen molar-refractivity contribution in [1.29, 1.82) is 0 Å². The van der Waals surface area contributed by atoms with E-state index in [4.69, 9.17) is 10.9 Å². The second-order valence-electron chi connectivity index (χ2n) is 6.16. The summed E-state index contributed by atoms with van der Waals surface area (Å²) in [6.45, 7) is 3.10. The van der Waals surface area contributed by atoms with Crippen molar-refractivity contribution < 1.29 is 10.3 Å². The Hall–Kier alpha value is -1.59. The molecule has 0 amide bonds. The van der Waals surface area contributed by atoms with Crippen molar-refractivity contribution in [3.63, 3.8) is 0 Å². The standard InChI is InChI=1S/C16H25N3O2/c1-12-5-7-16(11-20,8-6-12)18-10-13-3-2-4-14(9-13)15(17)19-21/h2-4,9,12,18,20-21H,5-8,10-11H2,1H3,(H2,17,19). The van der Waals surface area contributed by atoms with E-state index >= 15 is 0 Å². The number of amidine groups is 1. The number of oxime groups is 1. The van der Waals surface area contributed by atoms with E-state index in [0.29, 0.717) is 12.1 Å². The fraction of sp³-hybridized carbons (Fsp3) is 0.562. The number of aliphatic hydroxyl groups is 1. The summed E-state index contributed by atoms with van der Waals surface area (Å²) in [5, 5.41) is 25.0. The van der Waals surface area contributed by atoms with Crippen LogP contribution in [-0.4, -0.2) is 28.3 Å². The van der Waals surface area contributed by atoms with Gasteiger partial charge in [-0.3, -0.25) is 0 Å². The SMILES string of the molecule is CC1CCC(CO)(NCc2cccc(C(N)=NO)c2)CC1. The molecule has 0 heterocycles. The second-order valence-corrected chi connectivity index (χ2v) is 6.16. The molecule has 0 aliphatic heterocycles. The van der Waals surface area contributed by atoms with Gasteiger partial charge in [-0.25, -0.2) is 0 Å². The highest BCUT2D eigenvalue weighted by Gasteiger charge is 2.32. The topological polar surface area (TPSA) is 90.9 Å². The summed E-state index contributed by atoms with van der Waals surface area (Å²) >= 11 is 0. The quantitative estimate of drug-likeness (QED) is 0.288. The maximum atomic E-state index is 9.75. The number of rotatable bonds is 5. The molecule has 0 radical (unpaired) electrons. The zero-order chi connectivity index (χ0) is 15.3. The summed E-state index contributed by atoms with van der Waals surface area (Å²) in [5.74, 6) is 0.857. The molecule has 0 saturated heterocycles. The number of benzene rings is 1. The van der Waals surface area contributed by atoms with Gasteiger partial charge in [-0.2, -0.15) is 0 Å². The number of nitrogens with zero attached hydrogens (tertiary/aromatic N) is 1. The van der Waals surface area contributed by atoms with Crippen molar-refractivity contribution in [3.05, 3.63) is 35.4 Å². The average molecular weight is 291 g/mol. The maximum absolute atomic E-state index is 9.75. The molecule has 0 atom stereocenters. The van der Waals surface area contributed by atoms with E-state index in [1.54, 1.807) is 0 Å². The van der Waals surface area contributed by atoms with Crippen LogP contribution in [0.25, 0.3) is 0 Å². The van der Waals surface area contributed by atoms with Crippen LogP contribution in [0.4, 0.5) is 0 Å². The molecular weight excluding hydrogens is 266 g/mol. The Kier molecular flexibility index (Phi) is 5.20. The van der Waals surface area contributed by atoms with Crippen molar-refractivity contribution >= 4 is 5.84 Å². The van der Waals surface area contributed by atoms with E-state index in [-0.39, 0.29) is 18.0 Å². The minimum absolute atomic E-state index is 0.111. The van der Waals surface area contributed by atoms with Crippen molar-refractivity contribution in [3.8, 4) is 0 Å². The molecule has 1 aromatic carbocycles. The van der Waals surface area contributed by atoms with E-state index in [1.807, 2.05) is 24.3 Å². The van der Waals surface area contributed by atoms with E-state index in [9.17, 15) is 5.11 Å². The fourth-order valence-corrected chi connectivity index (χ4v) is 2.89. The zero-order valence-corrected chi connectivity index (χ0v) is 12.5. The molecule has 1 saturated carbocycles. The van der Waals surface area contributed by atoms with Gasteiger partial charge in [-0.1, -0.05) is 30.3 Å². The van der Waals surface area contributed by atoms with E-state index in [0.717, 1.165) is 37.2 Å². The van der Waals surface area contributed by atoms with Crippen LogP contribution in [0.15, 0.2) is 29.4 Å². The van der Waals surface area contributed by atoms with Gasteiger partial charge in [0.15, 0.2) is 5.84 Å². The molecule has 1 fully saturated rings. The van der Waals surface area contributed by atoms with Crippen molar-refractivity contribution in [1.82, 2.24) is 5.32 Å². The molecule has 5 N–H and O–H groups in total. The first-order valence-electron chi connectivity index (χ1n) is 7.51. The first kappa shape index (κ1) is 15.8. The van der Waals surface area contributed by atoms with Gasteiger partial charge in [0, 0.05) is 17.6 Å². The van der Waals surface area contributed by atoms with Gasteiger partial charge in [-0.05, 0) is 43.2 Å². The Morgan fingerprint density at radius 1 is 1.43 bits per heavy atom. The van der Waals surface area contributed by atoms with Crippen molar-refractivity contribution in [2.75, 3.05) is 6.61 Å². The minimum Gasteiger partial charge on any atom is -0.409 e. The third kappa shape index (κ3) is 3.95. The second kappa shape index (κ2) is 6.91. The van der Waals surface area contributed by atoms with Gasteiger partial charge in [0.05, 0.1) is 6.61 Å². The highest BCUT2D eigenvalue weighted by molar-refractivity contribution is 5.97. The minimum atomic E-state index is -0.168. The molecule has 1 aliphatic carbocycles. The molecular formula is C16H25N3O2. The van der Waals surface area contributed by atoms with Crippen LogP contribution in [0.1, 0.15) is 43.7 Å². The largest absolute Gasteiger partial charge is 0.409 e. The lowest BCUT2D eigenvalue weighted by atomic mass is 9.77. The fourth-order valence-electron chi connectivity index (χ4n) is 2.89. The van der Waals surface area contributed by atoms with E-state index in [1.165, 1.54) is 0 Å². The summed E-state index contributed by atoms with van der Waals surface area (Å²) in [5.41, 5.74) is 7.20. The summed E-state index contributed by atoms with van der Waals surface area (Å²) in [6, 6.07) is 7.60. The van der Waals surface area contributed by atoms with E-state index < -0.39 is 0 Å². The van der Waals surface area contributed by atoms with Crippen LogP contribution >= 0.6 is 0 Å². The van der Waals surface area contributed by atoms with Crippen molar-refractivity contribution in [2.45, 2.75) is 44.7 Å². The zero-order valence-electron chi connectivity index (χ0n) is 12.5. The molecule has 0 unspecified atom stereocenters. The molecule has 1 aliphatic rings. The predicted octanol–water partition coefficient (Wildman–Crippen LogP) is 1.81. The van der Waals surface area contributed by atoms with Gasteiger partial charge < -0.3 is 21.4 Å². The van der Waals surface area contributed by atoms with Gasteiger partial charge in [-0.15, -0.1) is 0 Å². The van der Waals surface area contributed by atoms with Crippen LogP contribution in [0.2, 0.25) is 0 Å². The average Bonchev–Trinajstić information content (AvgIpc) is 2.54. The summed E-state index contributed by atoms with van der Waals surface area (Å²) in [7, 11) is 0. The molecule has 0 aromatic heterocycles. The molecule has 116 valence electrons. The Morgan fingerprint density at radius 3 is 2.76 bits per heavy atom. The Morgan fingerprint density at radius 2 is 2.14 bits per heavy atom. The summed E-state index contributed by atoms with van der Waals surface area (Å²) in [6.07, 6.45) is 4.31. The number of nitrogens with one attached hydrogen (secondary N) is 1. The van der Waals surface area contributed by atoms with Crippen molar-refractivity contribution in [2.24, 2.45) is 16.8 Å². The molecule has 1 aromatic rings. The predicted molar refractivity (Wildman–Crippen MR) is 83.2 cm³/mol. The van der Waals surface area contributed by atoms with Crippen LogP contribution in [0, 0.1) is 5.92 Å². The number of aliphatic hydroxyl groups excluding tert-OH is 1. The molecule has 0 bridgehead atoms. The number of hydrogen-bond acceptors (Lipinski definition) is 4. The molecule has 21 heavy (non-hydrogen) atoms. The van der Waals surface area contributed by atoms with Gasteiger partial charge in [0.2, 0.25) is 0 Å². The molecule has 2 rings (SSSR count). The Bertz CT molecular complexity index is 494. The lowest BCUT2D eigenvalue weighted by Crippen LogP contribution is -2.50. The highest BCUT2D eigenvalue weighted by atomic mass is 16.4. The van der Waals surface area contributed by atoms with Gasteiger partial charge in [0.1, 0.15) is 0 Å². The third-order valence-electron chi connectivity index (χ3n) is 4.53. The molecule has 5 heteroatoms. The lowest BCUT2D eigenvalue weighted by Gasteiger charge is -2.39. The maximum Gasteiger partial charge on any atom is 0.170 e. The normalized spacial score (nSPS) is 26.8.